The lowest BCUT2D eigenvalue weighted by Gasteiger charge is -2.40. The highest BCUT2D eigenvalue weighted by atomic mass is 16.5. The van der Waals surface area contributed by atoms with Crippen LogP contribution in [0.5, 0.6) is 5.75 Å². The zero-order valence-electron chi connectivity index (χ0n) is 20.5. The molecule has 2 heterocycles. The number of hydrogen-bond acceptors (Lipinski definition) is 7. The number of carbonyl (C=O) groups is 1. The average Bonchev–Trinajstić information content (AvgIpc) is 3.41. The van der Waals surface area contributed by atoms with Gasteiger partial charge in [-0.2, -0.15) is 10.5 Å². The van der Waals surface area contributed by atoms with Gasteiger partial charge in [-0.05, 0) is 68.6 Å². The number of carbonyl (C=O) groups excluding carboxylic acids is 1. The van der Waals surface area contributed by atoms with E-state index in [0.717, 1.165) is 42.2 Å². The minimum atomic E-state index is -0.550. The Hall–Kier alpha value is -4.07. The molecule has 0 saturated carbocycles. The Morgan fingerprint density at radius 1 is 1.06 bits per heavy atom. The maximum atomic E-state index is 13.4. The van der Waals surface area contributed by atoms with Crippen molar-refractivity contribution in [3.63, 3.8) is 0 Å². The molecule has 2 aliphatic heterocycles. The Kier molecular flexibility index (Phi) is 6.50. The third kappa shape index (κ3) is 4.02. The molecule has 7 nitrogen and oxygen atoms in total. The fourth-order valence-electron chi connectivity index (χ4n) is 5.74. The molecule has 0 aromatic heterocycles. The number of nitriles is 2. The number of rotatable bonds is 5. The first kappa shape index (κ1) is 23.7. The van der Waals surface area contributed by atoms with Crippen molar-refractivity contribution in [1.29, 1.82) is 10.5 Å². The van der Waals surface area contributed by atoms with E-state index in [1.807, 2.05) is 24.3 Å². The zero-order chi connectivity index (χ0) is 25.2. The van der Waals surface area contributed by atoms with Crippen LogP contribution >= 0.6 is 0 Å². The van der Waals surface area contributed by atoms with E-state index in [1.165, 1.54) is 12.8 Å². The fourth-order valence-corrected chi connectivity index (χ4v) is 5.74. The second-order valence-electron chi connectivity index (χ2n) is 9.50. The van der Waals surface area contributed by atoms with Gasteiger partial charge in [0.2, 0.25) is 0 Å². The van der Waals surface area contributed by atoms with E-state index >= 15 is 0 Å². The van der Waals surface area contributed by atoms with Crippen LogP contribution in [0.25, 0.3) is 0 Å². The number of ether oxygens (including phenoxy) is 1. The third-order valence-corrected chi connectivity index (χ3v) is 7.41. The summed E-state index contributed by atoms with van der Waals surface area (Å²) in [7, 11) is 1.66. The standard InChI is InChI=1S/C29H29N5O2/c1-36-26-12-11-19(15-21(26)18-33-13-4-5-14-33)27-22(17-31)29(32)34(23-8-3-2-7-20(23)16-30)24-9-6-10-25(35)28(24)27/h2-3,7-8,11-12,15,27H,4-6,9-10,13-14,18,32H2,1H3/t27-/m1/s1. The van der Waals surface area contributed by atoms with E-state index in [9.17, 15) is 15.3 Å². The fraction of sp³-hybridized carbons (Fsp3) is 0.345. The summed E-state index contributed by atoms with van der Waals surface area (Å²) in [4.78, 5) is 17.6. The van der Waals surface area contributed by atoms with Crippen molar-refractivity contribution in [2.45, 2.75) is 44.6 Å². The molecule has 36 heavy (non-hydrogen) atoms. The molecule has 3 aliphatic rings. The van der Waals surface area contributed by atoms with Crippen LogP contribution < -0.4 is 15.4 Å². The number of methoxy groups -OCH3 is 1. The molecule has 2 aromatic carbocycles. The van der Waals surface area contributed by atoms with Crippen molar-refractivity contribution in [2.75, 3.05) is 25.1 Å². The SMILES string of the molecule is COc1ccc([C@@H]2C(C#N)=C(N)N(c3ccccc3C#N)C3=C2C(=O)CCC3)cc1CN1CCCC1. The molecule has 7 heteroatoms. The Bertz CT molecular complexity index is 1350. The summed E-state index contributed by atoms with van der Waals surface area (Å²) in [5.41, 5.74) is 11.3. The van der Waals surface area contributed by atoms with E-state index in [4.69, 9.17) is 10.5 Å². The molecule has 0 unspecified atom stereocenters. The maximum Gasteiger partial charge on any atom is 0.161 e. The summed E-state index contributed by atoms with van der Waals surface area (Å²) < 4.78 is 5.65. The molecule has 0 spiro atoms. The van der Waals surface area contributed by atoms with Crippen molar-refractivity contribution in [1.82, 2.24) is 4.90 Å². The smallest absolute Gasteiger partial charge is 0.161 e. The number of benzene rings is 2. The first-order valence-electron chi connectivity index (χ1n) is 12.4. The van der Waals surface area contributed by atoms with Gasteiger partial charge in [0.1, 0.15) is 17.6 Å². The summed E-state index contributed by atoms with van der Waals surface area (Å²) in [5.74, 6) is 0.547. The molecule has 2 aromatic rings. The second-order valence-corrected chi connectivity index (χ2v) is 9.50. The van der Waals surface area contributed by atoms with Crippen LogP contribution in [0.4, 0.5) is 5.69 Å². The molecule has 0 radical (unpaired) electrons. The molecule has 1 aliphatic carbocycles. The number of nitrogens with zero attached hydrogens (tertiary/aromatic N) is 4. The van der Waals surface area contributed by atoms with E-state index in [2.05, 4.69) is 23.1 Å². The number of Topliss-reactive ketones (excluding diaryl/α,β-unsaturated/α-hetero) is 1. The second kappa shape index (κ2) is 9.89. The van der Waals surface area contributed by atoms with Crippen molar-refractivity contribution >= 4 is 11.5 Å². The highest BCUT2D eigenvalue weighted by molar-refractivity contribution is 6.01. The maximum absolute atomic E-state index is 13.4. The lowest BCUT2D eigenvalue weighted by Crippen LogP contribution is -2.39. The van der Waals surface area contributed by atoms with Crippen LogP contribution in [0.3, 0.4) is 0 Å². The Labute approximate surface area is 211 Å². The molecule has 5 rings (SSSR count). The number of anilines is 1. The summed E-state index contributed by atoms with van der Waals surface area (Å²) in [6.07, 6.45) is 4.15. The predicted molar refractivity (Wildman–Crippen MR) is 137 cm³/mol. The summed E-state index contributed by atoms with van der Waals surface area (Å²) in [5, 5.41) is 20.1. The van der Waals surface area contributed by atoms with Crippen molar-refractivity contribution in [3.05, 3.63) is 81.8 Å². The topological polar surface area (TPSA) is 106 Å². The van der Waals surface area contributed by atoms with Gasteiger partial charge < -0.3 is 10.5 Å². The van der Waals surface area contributed by atoms with E-state index in [-0.39, 0.29) is 11.6 Å². The molecule has 0 bridgehead atoms. The average molecular weight is 480 g/mol. The van der Waals surface area contributed by atoms with Crippen molar-refractivity contribution in [2.24, 2.45) is 5.73 Å². The number of likely N-dealkylation sites (tertiary alicyclic amines) is 1. The van der Waals surface area contributed by atoms with Gasteiger partial charge in [-0.25, -0.2) is 0 Å². The number of ketones is 1. The highest BCUT2D eigenvalue weighted by Crippen LogP contribution is 2.47. The largest absolute Gasteiger partial charge is 0.496 e. The predicted octanol–water partition coefficient (Wildman–Crippen LogP) is 4.47. The summed E-state index contributed by atoms with van der Waals surface area (Å²) >= 11 is 0. The lowest BCUT2D eigenvalue weighted by molar-refractivity contribution is -0.116. The van der Waals surface area contributed by atoms with Crippen LogP contribution in [-0.4, -0.2) is 30.9 Å². The first-order valence-corrected chi connectivity index (χ1v) is 12.4. The van der Waals surface area contributed by atoms with Crippen LogP contribution in [0.1, 0.15) is 54.7 Å². The minimum Gasteiger partial charge on any atom is -0.496 e. The molecule has 0 amide bonds. The Morgan fingerprint density at radius 3 is 2.56 bits per heavy atom. The quantitative estimate of drug-likeness (QED) is 0.674. The van der Waals surface area contributed by atoms with Gasteiger partial charge in [-0.3, -0.25) is 14.6 Å². The van der Waals surface area contributed by atoms with Gasteiger partial charge in [-0.1, -0.05) is 18.2 Å². The third-order valence-electron chi connectivity index (χ3n) is 7.41. The molecule has 182 valence electrons. The number of hydrogen-bond donors (Lipinski definition) is 1. The minimum absolute atomic E-state index is 0.0258. The van der Waals surface area contributed by atoms with Gasteiger partial charge in [-0.15, -0.1) is 0 Å². The monoisotopic (exact) mass is 479 g/mol. The molecule has 2 N–H and O–H groups in total. The van der Waals surface area contributed by atoms with Crippen molar-refractivity contribution in [3.8, 4) is 17.9 Å². The van der Waals surface area contributed by atoms with Gasteiger partial charge in [0.15, 0.2) is 5.78 Å². The summed E-state index contributed by atoms with van der Waals surface area (Å²) in [6.45, 7) is 2.86. The van der Waals surface area contributed by atoms with Gasteiger partial charge in [0.25, 0.3) is 0 Å². The normalized spacial score (nSPS) is 20.2. The molecular weight excluding hydrogens is 450 g/mol. The molecule has 1 fully saturated rings. The Balaban J connectivity index is 1.67. The summed E-state index contributed by atoms with van der Waals surface area (Å²) in [6, 6.07) is 17.6. The van der Waals surface area contributed by atoms with Crippen LogP contribution in [0.2, 0.25) is 0 Å². The van der Waals surface area contributed by atoms with E-state index in [1.54, 1.807) is 24.1 Å². The van der Waals surface area contributed by atoms with Crippen molar-refractivity contribution < 1.29 is 9.53 Å². The lowest BCUT2D eigenvalue weighted by atomic mass is 9.75. The Morgan fingerprint density at radius 2 is 1.83 bits per heavy atom. The van der Waals surface area contributed by atoms with Gasteiger partial charge in [0, 0.05) is 29.8 Å². The van der Waals surface area contributed by atoms with Crippen LogP contribution in [0, 0.1) is 22.7 Å². The molecular formula is C29H29N5O2. The number of allylic oxidation sites excluding steroid dienone is 3. The van der Waals surface area contributed by atoms with Crippen LogP contribution in [-0.2, 0) is 11.3 Å². The van der Waals surface area contributed by atoms with E-state index in [0.29, 0.717) is 41.7 Å². The van der Waals surface area contributed by atoms with E-state index < -0.39 is 5.92 Å². The first-order chi connectivity index (χ1) is 17.6. The van der Waals surface area contributed by atoms with Crippen LogP contribution in [0.15, 0.2) is 65.1 Å². The molecule has 1 saturated heterocycles. The van der Waals surface area contributed by atoms with Gasteiger partial charge in [0.05, 0.1) is 35.9 Å². The molecule has 1 atom stereocenters. The number of para-hydroxylation sites is 1. The zero-order valence-corrected chi connectivity index (χ0v) is 20.5. The van der Waals surface area contributed by atoms with Gasteiger partial charge >= 0.3 is 0 Å². The highest BCUT2D eigenvalue weighted by Gasteiger charge is 2.41. The number of nitrogens with two attached hydrogens (primary N) is 1.